The van der Waals surface area contributed by atoms with Gasteiger partial charge in [0.1, 0.15) is 11.6 Å². The maximum absolute atomic E-state index is 13.4. The number of anilines is 1. The molecular weight excluding hydrogens is 388 g/mol. The van der Waals surface area contributed by atoms with E-state index in [0.29, 0.717) is 19.6 Å². The number of hydrogen-bond donors (Lipinski definition) is 1. The number of carbonyl (C=O) groups excluding carboxylic acids is 2. The molecule has 3 rings (SSSR count). The molecule has 1 saturated heterocycles. The number of halogens is 2. The summed E-state index contributed by atoms with van der Waals surface area (Å²) in [5.74, 6) is -4.00. The minimum atomic E-state index is -1.07. The lowest BCUT2D eigenvalue weighted by molar-refractivity contribution is -0.224. The molecule has 2 aliphatic rings. The molecule has 0 aromatic heterocycles. The third-order valence-electron chi connectivity index (χ3n) is 5.56. The van der Waals surface area contributed by atoms with Gasteiger partial charge in [-0.05, 0) is 25.0 Å². The second-order valence-electron chi connectivity index (χ2n) is 7.52. The minimum Gasteiger partial charge on any atom is -0.469 e. The highest BCUT2D eigenvalue weighted by molar-refractivity contribution is 5.80. The van der Waals surface area contributed by atoms with Crippen LogP contribution in [-0.4, -0.2) is 51.7 Å². The van der Waals surface area contributed by atoms with E-state index in [1.165, 1.54) is 14.2 Å². The van der Waals surface area contributed by atoms with Crippen molar-refractivity contribution in [3.63, 3.8) is 0 Å². The maximum atomic E-state index is 13.4. The molecule has 7 nitrogen and oxygen atoms in total. The Balaban J connectivity index is 1.81. The van der Waals surface area contributed by atoms with Crippen LogP contribution in [0.25, 0.3) is 0 Å². The summed E-state index contributed by atoms with van der Waals surface area (Å²) in [7, 11) is 2.57. The van der Waals surface area contributed by atoms with E-state index in [9.17, 15) is 18.4 Å². The highest BCUT2D eigenvalue weighted by Gasteiger charge is 2.57. The fraction of sp³-hybridized carbons (Fsp3) is 0.600. The molecule has 1 heterocycles. The molecule has 9 heteroatoms. The van der Waals surface area contributed by atoms with Crippen LogP contribution in [0.4, 0.5) is 14.5 Å². The van der Waals surface area contributed by atoms with Crippen LogP contribution in [0, 0.1) is 23.0 Å². The first kappa shape index (κ1) is 21.4. The maximum Gasteiger partial charge on any atom is 0.312 e. The van der Waals surface area contributed by atoms with Gasteiger partial charge in [-0.15, -0.1) is 0 Å². The fourth-order valence-corrected chi connectivity index (χ4v) is 4.40. The van der Waals surface area contributed by atoms with E-state index in [-0.39, 0.29) is 31.5 Å². The first-order valence-electron chi connectivity index (χ1n) is 9.46. The second kappa shape index (κ2) is 8.62. The van der Waals surface area contributed by atoms with Gasteiger partial charge in [0.25, 0.3) is 0 Å². The number of benzene rings is 1. The molecule has 1 aliphatic heterocycles. The Morgan fingerprint density at radius 2 is 1.76 bits per heavy atom. The van der Waals surface area contributed by atoms with E-state index in [0.717, 1.165) is 18.2 Å². The first-order chi connectivity index (χ1) is 13.8. The van der Waals surface area contributed by atoms with E-state index in [1.807, 2.05) is 0 Å². The van der Waals surface area contributed by atoms with Gasteiger partial charge < -0.3 is 24.3 Å². The standard InChI is InChI=1S/C20H25F2NO6/c1-26-17(24)13-10-19(18(25)27-2,12-20(11-13)28-5-6-29-20)3-4-23-16-8-14(21)7-15(22)9-16/h7-9,13,23H,3-6,10-12H2,1-2H3/t13-,19-/m1/s1. The van der Waals surface area contributed by atoms with E-state index < -0.39 is 40.7 Å². The lowest BCUT2D eigenvalue weighted by Crippen LogP contribution is -2.52. The molecule has 160 valence electrons. The van der Waals surface area contributed by atoms with Gasteiger partial charge in [-0.2, -0.15) is 0 Å². The van der Waals surface area contributed by atoms with Crippen LogP contribution >= 0.6 is 0 Å². The quantitative estimate of drug-likeness (QED) is 0.718. The van der Waals surface area contributed by atoms with Gasteiger partial charge in [-0.1, -0.05) is 0 Å². The molecule has 1 N–H and O–H groups in total. The van der Waals surface area contributed by atoms with Crippen LogP contribution in [0.15, 0.2) is 18.2 Å². The number of ether oxygens (including phenoxy) is 4. The van der Waals surface area contributed by atoms with Gasteiger partial charge in [0.05, 0.1) is 38.8 Å². The molecule has 0 unspecified atom stereocenters. The Labute approximate surface area is 167 Å². The Morgan fingerprint density at radius 3 is 2.34 bits per heavy atom. The number of hydrogen-bond acceptors (Lipinski definition) is 7. The number of rotatable bonds is 6. The van der Waals surface area contributed by atoms with Crippen molar-refractivity contribution in [3.05, 3.63) is 29.8 Å². The average Bonchev–Trinajstić information content (AvgIpc) is 3.12. The summed E-state index contributed by atoms with van der Waals surface area (Å²) in [5, 5.41) is 2.93. The van der Waals surface area contributed by atoms with Crippen molar-refractivity contribution in [2.24, 2.45) is 11.3 Å². The van der Waals surface area contributed by atoms with E-state index in [2.05, 4.69) is 5.32 Å². The van der Waals surface area contributed by atoms with Crippen LogP contribution < -0.4 is 5.32 Å². The van der Waals surface area contributed by atoms with Crippen LogP contribution in [0.5, 0.6) is 0 Å². The second-order valence-corrected chi connectivity index (χ2v) is 7.52. The summed E-state index contributed by atoms with van der Waals surface area (Å²) in [4.78, 5) is 25.1. The zero-order valence-corrected chi connectivity index (χ0v) is 16.5. The van der Waals surface area contributed by atoms with E-state index in [1.54, 1.807) is 0 Å². The molecule has 2 fully saturated rings. The van der Waals surface area contributed by atoms with E-state index >= 15 is 0 Å². The van der Waals surface area contributed by atoms with Crippen molar-refractivity contribution in [3.8, 4) is 0 Å². The number of nitrogens with one attached hydrogen (secondary N) is 1. The zero-order valence-electron chi connectivity index (χ0n) is 16.5. The molecule has 0 bridgehead atoms. The molecule has 1 saturated carbocycles. The third kappa shape index (κ3) is 4.67. The van der Waals surface area contributed by atoms with Gasteiger partial charge in [0, 0.05) is 31.1 Å². The molecule has 1 aromatic carbocycles. The van der Waals surface area contributed by atoms with Crippen LogP contribution in [0.1, 0.15) is 25.7 Å². The van der Waals surface area contributed by atoms with Gasteiger partial charge in [0.2, 0.25) is 0 Å². The molecule has 1 aromatic rings. The highest BCUT2D eigenvalue weighted by Crippen LogP contribution is 2.51. The highest BCUT2D eigenvalue weighted by atomic mass is 19.1. The Hall–Kier alpha value is -2.26. The van der Waals surface area contributed by atoms with Crippen molar-refractivity contribution in [1.82, 2.24) is 0 Å². The van der Waals surface area contributed by atoms with Crippen LogP contribution in [0.3, 0.4) is 0 Å². The largest absolute Gasteiger partial charge is 0.469 e. The zero-order chi connectivity index (χ0) is 21.1. The molecule has 2 atom stereocenters. The molecule has 1 spiro atoms. The summed E-state index contributed by atoms with van der Waals surface area (Å²) >= 11 is 0. The topological polar surface area (TPSA) is 83.1 Å². The monoisotopic (exact) mass is 413 g/mol. The Morgan fingerprint density at radius 1 is 1.10 bits per heavy atom. The molecule has 0 radical (unpaired) electrons. The van der Waals surface area contributed by atoms with Crippen molar-refractivity contribution < 1.29 is 37.3 Å². The SMILES string of the molecule is COC(=O)[C@H]1CC2(C[C@](CCNc3cc(F)cc(F)c3)(C(=O)OC)C1)OCCO2. The summed E-state index contributed by atoms with van der Waals surface area (Å²) in [6.07, 6.45) is 0.972. The lowest BCUT2D eigenvalue weighted by atomic mass is 9.65. The smallest absolute Gasteiger partial charge is 0.312 e. The summed E-state index contributed by atoms with van der Waals surface area (Å²) in [6, 6.07) is 3.11. The molecule has 1 aliphatic carbocycles. The van der Waals surface area contributed by atoms with Crippen LogP contribution in [0.2, 0.25) is 0 Å². The van der Waals surface area contributed by atoms with Crippen molar-refractivity contribution in [1.29, 1.82) is 0 Å². The van der Waals surface area contributed by atoms with Gasteiger partial charge >= 0.3 is 11.9 Å². The third-order valence-corrected chi connectivity index (χ3v) is 5.56. The number of esters is 2. The Bertz CT molecular complexity index is 747. The Kier molecular flexibility index (Phi) is 6.38. The predicted molar refractivity (Wildman–Crippen MR) is 97.9 cm³/mol. The first-order valence-corrected chi connectivity index (χ1v) is 9.46. The fourth-order valence-electron chi connectivity index (χ4n) is 4.40. The van der Waals surface area contributed by atoms with Gasteiger partial charge in [0.15, 0.2) is 5.79 Å². The lowest BCUT2D eigenvalue weighted by Gasteiger charge is -2.45. The summed E-state index contributed by atoms with van der Waals surface area (Å²) in [5.41, 5.74) is -0.819. The van der Waals surface area contributed by atoms with Crippen molar-refractivity contribution >= 4 is 17.6 Å². The van der Waals surface area contributed by atoms with Crippen LogP contribution in [-0.2, 0) is 28.5 Å². The van der Waals surface area contributed by atoms with Crippen molar-refractivity contribution in [2.75, 3.05) is 39.3 Å². The summed E-state index contributed by atoms with van der Waals surface area (Å²) < 4.78 is 48.4. The molecule has 29 heavy (non-hydrogen) atoms. The van der Waals surface area contributed by atoms with E-state index in [4.69, 9.17) is 18.9 Å². The normalized spacial score (nSPS) is 25.6. The summed E-state index contributed by atoms with van der Waals surface area (Å²) in [6.45, 7) is 0.958. The number of methoxy groups -OCH3 is 2. The molecule has 0 amide bonds. The molecular formula is C20H25F2NO6. The van der Waals surface area contributed by atoms with Gasteiger partial charge in [-0.25, -0.2) is 8.78 Å². The predicted octanol–water partition coefficient (Wildman–Crippen LogP) is 2.64. The van der Waals surface area contributed by atoms with Crippen molar-refractivity contribution in [2.45, 2.75) is 31.5 Å². The number of carbonyl (C=O) groups is 2. The van der Waals surface area contributed by atoms with Gasteiger partial charge in [-0.3, -0.25) is 9.59 Å². The minimum absolute atomic E-state index is 0.208. The average molecular weight is 413 g/mol.